The predicted octanol–water partition coefficient (Wildman–Crippen LogP) is 3.01. The molecule has 8 heteroatoms. The first kappa shape index (κ1) is 32.3. The Morgan fingerprint density at radius 2 is 1.24 bits per heavy atom. The summed E-state index contributed by atoms with van der Waals surface area (Å²) in [6, 6.07) is -0.795. The molecular weight excluding hydrogens is 430 g/mol. The van der Waals surface area contributed by atoms with Gasteiger partial charge in [0.1, 0.15) is 6.04 Å². The Kier molecular flexibility index (Phi) is 13.3. The van der Waals surface area contributed by atoms with Gasteiger partial charge in [0.05, 0.1) is 6.04 Å². The SMILES string of the molecule is CC(C)NCCCCC(NC(=O)C(CCC(=O)NC(C)(C)C)NC(C)(C)C)C(=O)NC(C)(C)C. The average molecular weight is 484 g/mol. The molecule has 0 aliphatic heterocycles. The molecule has 3 amide bonds. The molecule has 0 spiro atoms. The van der Waals surface area contributed by atoms with Gasteiger partial charge in [0.2, 0.25) is 17.7 Å². The number of carbonyl (C=O) groups excluding carboxylic acids is 3. The Bertz CT molecular complexity index is 642. The first-order chi connectivity index (χ1) is 15.3. The molecule has 34 heavy (non-hydrogen) atoms. The average Bonchev–Trinajstić information content (AvgIpc) is 2.59. The molecule has 0 aromatic carbocycles. The minimum atomic E-state index is -0.626. The van der Waals surface area contributed by atoms with Gasteiger partial charge in [-0.15, -0.1) is 0 Å². The van der Waals surface area contributed by atoms with E-state index in [1.165, 1.54) is 0 Å². The van der Waals surface area contributed by atoms with Crippen LogP contribution in [0, 0.1) is 0 Å². The third kappa shape index (κ3) is 17.8. The van der Waals surface area contributed by atoms with Gasteiger partial charge in [-0.25, -0.2) is 0 Å². The second-order valence-corrected chi connectivity index (χ2v) is 12.7. The van der Waals surface area contributed by atoms with Crippen molar-refractivity contribution < 1.29 is 14.4 Å². The monoisotopic (exact) mass is 483 g/mol. The zero-order valence-corrected chi connectivity index (χ0v) is 23.7. The fourth-order valence-corrected chi connectivity index (χ4v) is 3.41. The lowest BCUT2D eigenvalue weighted by molar-refractivity contribution is -0.131. The molecule has 0 saturated carbocycles. The summed E-state index contributed by atoms with van der Waals surface area (Å²) in [7, 11) is 0. The third-order valence-corrected chi connectivity index (χ3v) is 4.70. The predicted molar refractivity (Wildman–Crippen MR) is 141 cm³/mol. The number of carbonyl (C=O) groups is 3. The maximum absolute atomic E-state index is 13.3. The molecule has 0 aromatic rings. The van der Waals surface area contributed by atoms with E-state index in [1.54, 1.807) is 0 Å². The Hall–Kier alpha value is -1.67. The van der Waals surface area contributed by atoms with Crippen LogP contribution in [-0.2, 0) is 14.4 Å². The van der Waals surface area contributed by atoms with Crippen molar-refractivity contribution in [3.05, 3.63) is 0 Å². The number of unbranched alkanes of at least 4 members (excludes halogenated alkanes) is 1. The van der Waals surface area contributed by atoms with Crippen LogP contribution in [-0.4, -0.2) is 59.0 Å². The topological polar surface area (TPSA) is 111 Å². The van der Waals surface area contributed by atoms with E-state index in [0.29, 0.717) is 18.9 Å². The van der Waals surface area contributed by atoms with Gasteiger partial charge < -0.3 is 26.6 Å². The summed E-state index contributed by atoms with van der Waals surface area (Å²) in [6.45, 7) is 22.6. The van der Waals surface area contributed by atoms with Crippen molar-refractivity contribution >= 4 is 17.7 Å². The van der Waals surface area contributed by atoms with Crippen LogP contribution in [0.25, 0.3) is 0 Å². The number of rotatable bonds is 13. The van der Waals surface area contributed by atoms with E-state index in [4.69, 9.17) is 0 Å². The summed E-state index contributed by atoms with van der Waals surface area (Å²) < 4.78 is 0. The van der Waals surface area contributed by atoms with Crippen molar-refractivity contribution in [1.29, 1.82) is 0 Å². The van der Waals surface area contributed by atoms with Gasteiger partial charge in [-0.05, 0) is 94.5 Å². The molecule has 2 unspecified atom stereocenters. The van der Waals surface area contributed by atoms with Crippen molar-refractivity contribution in [2.24, 2.45) is 0 Å². The molecule has 0 radical (unpaired) electrons. The molecule has 0 aromatic heterocycles. The van der Waals surface area contributed by atoms with Crippen LogP contribution < -0.4 is 26.6 Å². The van der Waals surface area contributed by atoms with E-state index >= 15 is 0 Å². The van der Waals surface area contributed by atoms with Crippen LogP contribution in [0.3, 0.4) is 0 Å². The smallest absolute Gasteiger partial charge is 0.242 e. The summed E-state index contributed by atoms with van der Waals surface area (Å²) in [4.78, 5) is 38.6. The van der Waals surface area contributed by atoms with Gasteiger partial charge in [-0.1, -0.05) is 13.8 Å². The van der Waals surface area contributed by atoms with E-state index in [2.05, 4.69) is 40.4 Å². The number of hydrogen-bond donors (Lipinski definition) is 5. The van der Waals surface area contributed by atoms with Crippen molar-refractivity contribution in [1.82, 2.24) is 26.6 Å². The first-order valence-electron chi connectivity index (χ1n) is 12.7. The fraction of sp³-hybridized carbons (Fsp3) is 0.885. The number of hydrogen-bond acceptors (Lipinski definition) is 5. The van der Waals surface area contributed by atoms with Gasteiger partial charge in [-0.3, -0.25) is 14.4 Å². The number of amides is 3. The van der Waals surface area contributed by atoms with Crippen LogP contribution in [0.15, 0.2) is 0 Å². The van der Waals surface area contributed by atoms with E-state index in [-0.39, 0.29) is 35.2 Å². The third-order valence-electron chi connectivity index (χ3n) is 4.70. The van der Waals surface area contributed by atoms with Gasteiger partial charge in [0, 0.05) is 29.1 Å². The number of nitrogens with one attached hydrogen (secondary N) is 5. The van der Waals surface area contributed by atoms with Crippen LogP contribution in [0.2, 0.25) is 0 Å². The maximum Gasteiger partial charge on any atom is 0.242 e. The normalized spacial score (nSPS) is 14.5. The van der Waals surface area contributed by atoms with Crippen LogP contribution in [0.1, 0.15) is 108 Å². The lowest BCUT2D eigenvalue weighted by Crippen LogP contribution is -2.57. The quantitative estimate of drug-likeness (QED) is 0.259. The summed E-state index contributed by atoms with van der Waals surface area (Å²) in [5.41, 5.74) is -1.05. The molecule has 200 valence electrons. The summed E-state index contributed by atoms with van der Waals surface area (Å²) >= 11 is 0. The molecule has 0 saturated heterocycles. The Labute approximate surface area is 208 Å². The highest BCUT2D eigenvalue weighted by Gasteiger charge is 2.30. The molecular formula is C26H53N5O3. The van der Waals surface area contributed by atoms with Gasteiger partial charge in [0.15, 0.2) is 0 Å². The van der Waals surface area contributed by atoms with Crippen molar-refractivity contribution in [2.75, 3.05) is 6.54 Å². The Morgan fingerprint density at radius 1 is 0.676 bits per heavy atom. The molecule has 0 bridgehead atoms. The van der Waals surface area contributed by atoms with E-state index in [0.717, 1.165) is 19.4 Å². The van der Waals surface area contributed by atoms with Crippen molar-refractivity contribution in [3.63, 3.8) is 0 Å². The standard InChI is InChI=1S/C26H53N5O3/c1-18(2)27-17-13-12-14-19(23(34)31-26(9,10)11)28-22(33)20(29-24(3,4)5)15-16-21(32)30-25(6,7)8/h18-20,27,29H,12-17H2,1-11H3,(H,28,33)(H,30,32)(H,31,34). The second-order valence-electron chi connectivity index (χ2n) is 12.7. The van der Waals surface area contributed by atoms with E-state index in [9.17, 15) is 14.4 Å². The summed E-state index contributed by atoms with van der Waals surface area (Å²) in [5.74, 6) is -0.536. The van der Waals surface area contributed by atoms with Crippen LogP contribution in [0.5, 0.6) is 0 Å². The van der Waals surface area contributed by atoms with Gasteiger partial charge >= 0.3 is 0 Å². The first-order valence-corrected chi connectivity index (χ1v) is 12.7. The van der Waals surface area contributed by atoms with E-state index in [1.807, 2.05) is 62.3 Å². The second kappa shape index (κ2) is 14.0. The highest BCUT2D eigenvalue weighted by molar-refractivity contribution is 5.90. The molecule has 2 atom stereocenters. The zero-order chi connectivity index (χ0) is 26.7. The molecule has 0 heterocycles. The molecule has 0 aliphatic rings. The van der Waals surface area contributed by atoms with Gasteiger partial charge in [0.25, 0.3) is 0 Å². The molecule has 0 fully saturated rings. The summed E-state index contributed by atoms with van der Waals surface area (Å²) in [6.07, 6.45) is 2.85. The lowest BCUT2D eigenvalue weighted by Gasteiger charge is -2.30. The molecule has 8 nitrogen and oxygen atoms in total. The highest BCUT2D eigenvalue weighted by Crippen LogP contribution is 2.11. The van der Waals surface area contributed by atoms with Gasteiger partial charge in [-0.2, -0.15) is 0 Å². The van der Waals surface area contributed by atoms with E-state index < -0.39 is 17.6 Å². The molecule has 5 N–H and O–H groups in total. The Balaban J connectivity index is 5.31. The van der Waals surface area contributed by atoms with Crippen LogP contribution in [0.4, 0.5) is 0 Å². The van der Waals surface area contributed by atoms with Crippen molar-refractivity contribution in [2.45, 2.75) is 143 Å². The van der Waals surface area contributed by atoms with Crippen LogP contribution >= 0.6 is 0 Å². The fourth-order valence-electron chi connectivity index (χ4n) is 3.41. The summed E-state index contributed by atoms with van der Waals surface area (Å²) in [5, 5.41) is 15.6. The highest BCUT2D eigenvalue weighted by atomic mass is 16.2. The largest absolute Gasteiger partial charge is 0.352 e. The minimum absolute atomic E-state index is 0.0966. The lowest BCUT2D eigenvalue weighted by atomic mass is 10.0. The van der Waals surface area contributed by atoms with Crippen molar-refractivity contribution in [3.8, 4) is 0 Å². The molecule has 0 aliphatic carbocycles. The zero-order valence-electron chi connectivity index (χ0n) is 23.7. The minimum Gasteiger partial charge on any atom is -0.352 e. The molecule has 0 rings (SSSR count). The maximum atomic E-state index is 13.3. The Morgan fingerprint density at radius 3 is 1.71 bits per heavy atom.